The van der Waals surface area contributed by atoms with Crippen molar-refractivity contribution in [3.63, 3.8) is 0 Å². The van der Waals surface area contributed by atoms with Gasteiger partial charge >= 0.3 is 0 Å². The molecule has 2 rings (SSSR count). The van der Waals surface area contributed by atoms with E-state index in [1.54, 1.807) is 6.07 Å². The van der Waals surface area contributed by atoms with Crippen LogP contribution < -0.4 is 10.6 Å². The number of benzene rings is 2. The van der Waals surface area contributed by atoms with Crippen molar-refractivity contribution in [2.75, 3.05) is 23.7 Å². The zero-order valence-corrected chi connectivity index (χ0v) is 16.9. The highest BCUT2D eigenvalue weighted by Gasteiger charge is 2.00. The van der Waals surface area contributed by atoms with E-state index in [1.165, 1.54) is 12.6 Å². The van der Waals surface area contributed by atoms with Crippen LogP contribution in [0.1, 0.15) is 20.8 Å². The minimum atomic E-state index is 0.791. The number of anilines is 2. The van der Waals surface area contributed by atoms with E-state index < -0.39 is 0 Å². The first kappa shape index (κ1) is 21.5. The maximum atomic E-state index is 7.32. The molecule has 0 bridgehead atoms. The molecule has 0 amide bonds. The predicted molar refractivity (Wildman–Crippen MR) is 108 cm³/mol. The summed E-state index contributed by atoms with van der Waals surface area (Å²) in [5.41, 5.74) is 7.51. The summed E-state index contributed by atoms with van der Waals surface area (Å²) in [7, 11) is 0. The van der Waals surface area contributed by atoms with Crippen LogP contribution >= 0.6 is 31.9 Å². The van der Waals surface area contributed by atoms with Gasteiger partial charge in [-0.3, -0.25) is 0 Å². The van der Waals surface area contributed by atoms with Gasteiger partial charge in [0.05, 0.1) is 6.07 Å². The fourth-order valence-electron chi connectivity index (χ4n) is 1.77. The Bertz CT molecular complexity index is 588. The van der Waals surface area contributed by atoms with Crippen molar-refractivity contribution in [2.45, 2.75) is 20.8 Å². The van der Waals surface area contributed by atoms with Gasteiger partial charge in [-0.15, -0.1) is 0 Å². The highest BCUT2D eigenvalue weighted by molar-refractivity contribution is 9.10. The Kier molecular flexibility index (Phi) is 12.1. The second kappa shape index (κ2) is 13.0. The van der Waals surface area contributed by atoms with Crippen LogP contribution in [0.25, 0.3) is 0 Å². The third-order valence-electron chi connectivity index (χ3n) is 2.79. The van der Waals surface area contributed by atoms with Crippen molar-refractivity contribution in [3.8, 4) is 6.07 Å². The molecule has 0 saturated heterocycles. The molecule has 0 aliphatic carbocycles. The molecule has 2 aromatic carbocycles. The van der Waals surface area contributed by atoms with E-state index in [2.05, 4.69) is 68.8 Å². The summed E-state index contributed by atoms with van der Waals surface area (Å²) in [5.74, 6) is 0. The van der Waals surface area contributed by atoms with Crippen LogP contribution in [-0.4, -0.2) is 13.1 Å². The summed E-state index contributed by atoms with van der Waals surface area (Å²) in [6, 6.07) is 17.7. The molecular weight excluding hydrogens is 418 g/mol. The molecule has 0 atom stereocenters. The van der Waals surface area contributed by atoms with E-state index in [4.69, 9.17) is 11.0 Å². The van der Waals surface area contributed by atoms with E-state index in [1.807, 2.05) is 30.3 Å². The Hall–Kier alpha value is -1.51. The van der Waals surface area contributed by atoms with Crippen LogP contribution in [0.4, 0.5) is 11.4 Å². The van der Waals surface area contributed by atoms with Gasteiger partial charge in [-0.05, 0) is 50.2 Å². The average molecular weight is 441 g/mol. The Morgan fingerprint density at radius 1 is 1.00 bits per heavy atom. The van der Waals surface area contributed by atoms with Crippen molar-refractivity contribution in [3.05, 3.63) is 57.5 Å². The number of rotatable bonds is 3. The topological polar surface area (TPSA) is 53.0 Å². The van der Waals surface area contributed by atoms with Crippen molar-refractivity contribution < 1.29 is 0 Å². The van der Waals surface area contributed by atoms with Crippen LogP contribution in [0.2, 0.25) is 0 Å². The average Bonchev–Trinajstić information content (AvgIpc) is 2.50. The smallest absolute Gasteiger partial charge is 0.0587 e. The molecule has 0 aliphatic heterocycles. The number of nitriles is 1. The lowest BCUT2D eigenvalue weighted by Gasteiger charge is -2.20. The third-order valence-corrected chi connectivity index (χ3v) is 3.77. The second-order valence-electron chi connectivity index (χ2n) is 4.43. The zero-order valence-electron chi connectivity index (χ0n) is 13.8. The molecule has 124 valence electrons. The number of hydrogen-bond donors (Lipinski definition) is 1. The van der Waals surface area contributed by atoms with Crippen molar-refractivity contribution >= 4 is 43.2 Å². The number of hydrogen-bond acceptors (Lipinski definition) is 3. The highest BCUT2D eigenvalue weighted by atomic mass is 79.9. The van der Waals surface area contributed by atoms with Gasteiger partial charge in [0, 0.05) is 40.3 Å². The fraction of sp³-hybridized carbons (Fsp3) is 0.278. The number of nitrogen functional groups attached to an aromatic ring is 1. The molecule has 23 heavy (non-hydrogen) atoms. The minimum Gasteiger partial charge on any atom is -0.399 e. The molecule has 0 fully saturated rings. The quantitative estimate of drug-likeness (QED) is 0.608. The van der Waals surface area contributed by atoms with Crippen LogP contribution in [0, 0.1) is 11.3 Å². The molecule has 0 aromatic heterocycles. The van der Waals surface area contributed by atoms with Gasteiger partial charge in [0.25, 0.3) is 0 Å². The van der Waals surface area contributed by atoms with E-state index in [0.29, 0.717) is 0 Å². The summed E-state index contributed by atoms with van der Waals surface area (Å²) in [6.07, 6.45) is 0. The van der Waals surface area contributed by atoms with Gasteiger partial charge in [-0.1, -0.05) is 44.0 Å². The molecule has 0 radical (unpaired) electrons. The Morgan fingerprint density at radius 2 is 1.48 bits per heavy atom. The van der Waals surface area contributed by atoms with Gasteiger partial charge in [-0.25, -0.2) is 0 Å². The first-order chi connectivity index (χ1) is 11.0. The molecule has 0 aliphatic rings. The number of nitrogens with two attached hydrogens (primary N) is 1. The monoisotopic (exact) mass is 439 g/mol. The first-order valence-electron chi connectivity index (χ1n) is 7.30. The standard InChI is InChI=1S/C10H14BrN.C6H6BrN.C2H3N/c1-3-12(4-2)10-7-5-6-9(11)8-10;7-5-2-1-3-6(8)4-5;1-2-3/h5-8H,3-4H2,1-2H3;1-4H,8H2;1H3. The lowest BCUT2D eigenvalue weighted by molar-refractivity contribution is 0.866. The van der Waals surface area contributed by atoms with Gasteiger partial charge < -0.3 is 10.6 Å². The normalized spacial score (nSPS) is 8.70. The molecular formula is C18H23Br2N3. The molecule has 0 spiro atoms. The molecule has 3 nitrogen and oxygen atoms in total. The van der Waals surface area contributed by atoms with Gasteiger partial charge in [0.1, 0.15) is 0 Å². The summed E-state index contributed by atoms with van der Waals surface area (Å²) in [6.45, 7) is 7.90. The molecule has 2 aromatic rings. The molecule has 5 heteroatoms. The van der Waals surface area contributed by atoms with Crippen LogP contribution in [0.3, 0.4) is 0 Å². The lowest BCUT2D eigenvalue weighted by atomic mass is 10.3. The first-order valence-corrected chi connectivity index (χ1v) is 8.89. The van der Waals surface area contributed by atoms with Gasteiger partial charge in [0.2, 0.25) is 0 Å². The SMILES string of the molecule is CC#N.CCN(CC)c1cccc(Br)c1.Nc1cccc(Br)c1. The Labute approximate surface area is 156 Å². The maximum Gasteiger partial charge on any atom is 0.0587 e. The van der Waals surface area contributed by atoms with Crippen LogP contribution in [-0.2, 0) is 0 Å². The number of halogens is 2. The highest BCUT2D eigenvalue weighted by Crippen LogP contribution is 2.19. The van der Waals surface area contributed by atoms with Crippen molar-refractivity contribution in [2.24, 2.45) is 0 Å². The molecule has 0 heterocycles. The predicted octanol–water partition coefficient (Wildman–Crippen LogP) is 5.86. The van der Waals surface area contributed by atoms with Gasteiger partial charge in [-0.2, -0.15) is 5.26 Å². The van der Waals surface area contributed by atoms with E-state index in [-0.39, 0.29) is 0 Å². The minimum absolute atomic E-state index is 0.791. The molecule has 0 unspecified atom stereocenters. The largest absolute Gasteiger partial charge is 0.399 e. The summed E-state index contributed by atoms with van der Waals surface area (Å²) < 4.78 is 2.17. The van der Waals surface area contributed by atoms with Crippen molar-refractivity contribution in [1.82, 2.24) is 0 Å². The maximum absolute atomic E-state index is 7.32. The van der Waals surface area contributed by atoms with Crippen LogP contribution in [0.15, 0.2) is 57.5 Å². The number of nitrogens with zero attached hydrogens (tertiary/aromatic N) is 2. The van der Waals surface area contributed by atoms with E-state index in [0.717, 1.165) is 27.7 Å². The summed E-state index contributed by atoms with van der Waals surface area (Å²) >= 11 is 6.74. The van der Waals surface area contributed by atoms with E-state index in [9.17, 15) is 0 Å². The van der Waals surface area contributed by atoms with Gasteiger partial charge in [0.15, 0.2) is 0 Å². The fourth-order valence-corrected chi connectivity index (χ4v) is 2.57. The second-order valence-corrected chi connectivity index (χ2v) is 6.26. The van der Waals surface area contributed by atoms with E-state index >= 15 is 0 Å². The zero-order chi connectivity index (χ0) is 17.7. The molecule has 2 N–H and O–H groups in total. The molecule has 0 saturated carbocycles. The Morgan fingerprint density at radius 3 is 1.83 bits per heavy atom. The summed E-state index contributed by atoms with van der Waals surface area (Å²) in [5, 5.41) is 7.32. The van der Waals surface area contributed by atoms with Crippen LogP contribution in [0.5, 0.6) is 0 Å². The Balaban J connectivity index is 0.000000379. The summed E-state index contributed by atoms with van der Waals surface area (Å²) in [4.78, 5) is 2.32. The lowest BCUT2D eigenvalue weighted by Crippen LogP contribution is -2.21. The third kappa shape index (κ3) is 9.98. The van der Waals surface area contributed by atoms with Crippen molar-refractivity contribution in [1.29, 1.82) is 5.26 Å².